The smallest absolute Gasteiger partial charge is 0.0596 e. The zero-order chi connectivity index (χ0) is 11.7. The Hall–Kier alpha value is -0.0400. The van der Waals surface area contributed by atoms with Crippen LogP contribution in [0.25, 0.3) is 0 Å². The summed E-state index contributed by atoms with van der Waals surface area (Å²) in [4.78, 5) is 0. The van der Waals surface area contributed by atoms with Crippen molar-refractivity contribution in [1.29, 1.82) is 0 Å². The fraction of sp³-hybridized carbons (Fsp3) is 1.00. The summed E-state index contributed by atoms with van der Waals surface area (Å²) < 4.78 is 0. The number of aliphatic hydroxyl groups excluding tert-OH is 1. The van der Waals surface area contributed by atoms with Crippen LogP contribution in [0.15, 0.2) is 0 Å². The Morgan fingerprint density at radius 2 is 1.44 bits per heavy atom. The zero-order valence-electron chi connectivity index (χ0n) is 11.2. The minimum Gasteiger partial charge on any atom is -0.393 e. The molecule has 2 aliphatic rings. The maximum atomic E-state index is 10.5. The van der Waals surface area contributed by atoms with Gasteiger partial charge in [0.25, 0.3) is 0 Å². The Morgan fingerprint density at radius 1 is 0.812 bits per heavy atom. The average Bonchev–Trinajstić information content (AvgIpc) is 2.68. The molecule has 0 spiro atoms. The van der Waals surface area contributed by atoms with Crippen molar-refractivity contribution in [2.24, 2.45) is 29.6 Å². The lowest BCUT2D eigenvalue weighted by molar-refractivity contribution is 0.0151. The first kappa shape index (κ1) is 12.4. The number of hydrogen-bond acceptors (Lipinski definition) is 1. The predicted molar refractivity (Wildman–Crippen MR) is 68.2 cm³/mol. The third-order valence-electron chi connectivity index (χ3n) is 5.34. The van der Waals surface area contributed by atoms with Gasteiger partial charge in [0.15, 0.2) is 0 Å². The lowest BCUT2D eigenvalue weighted by Gasteiger charge is -2.36. The second-order valence-electron chi connectivity index (χ2n) is 6.70. The summed E-state index contributed by atoms with van der Waals surface area (Å²) in [5.41, 5.74) is 0. The van der Waals surface area contributed by atoms with Gasteiger partial charge in [0.1, 0.15) is 0 Å². The van der Waals surface area contributed by atoms with Crippen LogP contribution in [0.4, 0.5) is 0 Å². The highest BCUT2D eigenvalue weighted by Gasteiger charge is 2.35. The van der Waals surface area contributed by atoms with Crippen molar-refractivity contribution in [1.82, 2.24) is 0 Å². The normalized spacial score (nSPS) is 46.9. The van der Waals surface area contributed by atoms with Gasteiger partial charge in [-0.15, -0.1) is 0 Å². The molecule has 2 fully saturated rings. The van der Waals surface area contributed by atoms with Gasteiger partial charge in [0, 0.05) is 0 Å². The van der Waals surface area contributed by atoms with Crippen molar-refractivity contribution in [2.75, 3.05) is 0 Å². The molecule has 0 aromatic rings. The molecule has 0 heterocycles. The molecule has 0 bridgehead atoms. The van der Waals surface area contributed by atoms with Crippen molar-refractivity contribution in [3.63, 3.8) is 0 Å². The summed E-state index contributed by atoms with van der Waals surface area (Å²) in [5.74, 6) is 3.74. The van der Waals surface area contributed by atoms with Crippen molar-refractivity contribution >= 4 is 0 Å². The Balaban J connectivity index is 1.87. The quantitative estimate of drug-likeness (QED) is 0.755. The van der Waals surface area contributed by atoms with Crippen LogP contribution in [0.3, 0.4) is 0 Å². The van der Waals surface area contributed by atoms with Gasteiger partial charge in [-0.25, -0.2) is 0 Å². The van der Waals surface area contributed by atoms with E-state index in [1.807, 2.05) is 0 Å². The molecule has 1 N–H and O–H groups in total. The molecular weight excluding hydrogens is 196 g/mol. The Bertz CT molecular complexity index is 225. The minimum absolute atomic E-state index is 0.0000926. The molecule has 16 heavy (non-hydrogen) atoms. The molecule has 0 amide bonds. The van der Waals surface area contributed by atoms with Gasteiger partial charge in [0.2, 0.25) is 0 Å². The third-order valence-corrected chi connectivity index (χ3v) is 5.34. The SMILES string of the molecule is CC1CCC(C(O)C2CCC(C)C(C)C2)C1. The molecule has 6 atom stereocenters. The lowest BCUT2D eigenvalue weighted by atomic mass is 9.71. The maximum absolute atomic E-state index is 10.5. The Labute approximate surface area is 101 Å². The van der Waals surface area contributed by atoms with Gasteiger partial charge in [-0.05, 0) is 55.3 Å². The Morgan fingerprint density at radius 3 is 2.00 bits per heavy atom. The van der Waals surface area contributed by atoms with E-state index in [2.05, 4.69) is 20.8 Å². The maximum Gasteiger partial charge on any atom is 0.0596 e. The molecule has 2 rings (SSSR count). The topological polar surface area (TPSA) is 20.2 Å². The molecule has 0 aliphatic heterocycles. The van der Waals surface area contributed by atoms with Crippen LogP contribution in [0.2, 0.25) is 0 Å². The summed E-state index contributed by atoms with van der Waals surface area (Å²) in [6.07, 6.45) is 7.71. The lowest BCUT2D eigenvalue weighted by Crippen LogP contribution is -2.33. The predicted octanol–water partition coefficient (Wildman–Crippen LogP) is 3.86. The molecule has 0 saturated heterocycles. The molecule has 0 aromatic carbocycles. The molecule has 0 aromatic heterocycles. The van der Waals surface area contributed by atoms with Crippen LogP contribution in [-0.2, 0) is 0 Å². The molecule has 94 valence electrons. The molecular formula is C15H28O. The summed E-state index contributed by atoms with van der Waals surface area (Å²) >= 11 is 0. The van der Waals surface area contributed by atoms with E-state index in [9.17, 15) is 5.11 Å². The van der Waals surface area contributed by atoms with Crippen molar-refractivity contribution < 1.29 is 5.11 Å². The zero-order valence-corrected chi connectivity index (χ0v) is 11.2. The molecule has 1 nitrogen and oxygen atoms in total. The van der Waals surface area contributed by atoms with E-state index >= 15 is 0 Å². The van der Waals surface area contributed by atoms with Crippen LogP contribution < -0.4 is 0 Å². The largest absolute Gasteiger partial charge is 0.393 e. The molecule has 6 unspecified atom stereocenters. The summed E-state index contributed by atoms with van der Waals surface area (Å²) in [6, 6.07) is 0. The van der Waals surface area contributed by atoms with Crippen molar-refractivity contribution in [3.8, 4) is 0 Å². The number of hydrogen-bond donors (Lipinski definition) is 1. The van der Waals surface area contributed by atoms with Crippen LogP contribution in [0.1, 0.15) is 59.3 Å². The first-order chi connectivity index (χ1) is 7.58. The third kappa shape index (κ3) is 2.61. The highest BCUT2D eigenvalue weighted by molar-refractivity contribution is 4.86. The summed E-state index contributed by atoms with van der Waals surface area (Å²) in [5, 5.41) is 10.5. The van der Waals surface area contributed by atoms with Crippen molar-refractivity contribution in [2.45, 2.75) is 65.4 Å². The fourth-order valence-electron chi connectivity index (χ4n) is 3.85. The fourth-order valence-corrected chi connectivity index (χ4v) is 3.85. The highest BCUT2D eigenvalue weighted by Crippen LogP contribution is 2.41. The highest BCUT2D eigenvalue weighted by atomic mass is 16.3. The second kappa shape index (κ2) is 5.08. The van der Waals surface area contributed by atoms with E-state index in [0.29, 0.717) is 11.8 Å². The second-order valence-corrected chi connectivity index (χ2v) is 6.70. The summed E-state index contributed by atoms with van der Waals surface area (Å²) in [6.45, 7) is 7.06. The Kier molecular flexibility index (Phi) is 3.94. The van der Waals surface area contributed by atoms with E-state index < -0.39 is 0 Å². The summed E-state index contributed by atoms with van der Waals surface area (Å²) in [7, 11) is 0. The van der Waals surface area contributed by atoms with E-state index in [1.165, 1.54) is 38.5 Å². The molecule has 0 radical (unpaired) electrons. The average molecular weight is 224 g/mol. The van der Waals surface area contributed by atoms with Crippen LogP contribution in [0.5, 0.6) is 0 Å². The van der Waals surface area contributed by atoms with Gasteiger partial charge in [-0.2, -0.15) is 0 Å². The molecule has 2 saturated carbocycles. The van der Waals surface area contributed by atoms with Gasteiger partial charge >= 0.3 is 0 Å². The minimum atomic E-state index is -0.0000926. The van der Waals surface area contributed by atoms with E-state index in [-0.39, 0.29) is 6.10 Å². The monoisotopic (exact) mass is 224 g/mol. The number of rotatable bonds is 2. The van der Waals surface area contributed by atoms with Gasteiger partial charge in [-0.3, -0.25) is 0 Å². The van der Waals surface area contributed by atoms with Crippen LogP contribution >= 0.6 is 0 Å². The standard InChI is InChI=1S/C15H28O/c1-10-4-6-13(8-10)15(16)14-7-5-11(2)12(3)9-14/h10-16H,4-9H2,1-3H3. The van der Waals surface area contributed by atoms with Crippen LogP contribution in [-0.4, -0.2) is 11.2 Å². The first-order valence-corrected chi connectivity index (χ1v) is 7.26. The van der Waals surface area contributed by atoms with E-state index in [1.54, 1.807) is 0 Å². The van der Waals surface area contributed by atoms with Gasteiger partial charge in [-0.1, -0.05) is 33.6 Å². The van der Waals surface area contributed by atoms with Crippen LogP contribution in [0, 0.1) is 29.6 Å². The van der Waals surface area contributed by atoms with Gasteiger partial charge < -0.3 is 5.11 Å². The molecule has 1 heteroatoms. The first-order valence-electron chi connectivity index (χ1n) is 7.26. The van der Waals surface area contributed by atoms with E-state index in [4.69, 9.17) is 0 Å². The van der Waals surface area contributed by atoms with Crippen molar-refractivity contribution in [3.05, 3.63) is 0 Å². The van der Waals surface area contributed by atoms with E-state index in [0.717, 1.165) is 17.8 Å². The van der Waals surface area contributed by atoms with Gasteiger partial charge in [0.05, 0.1) is 6.10 Å². The molecule has 2 aliphatic carbocycles. The number of aliphatic hydroxyl groups is 1.